The molecular formula is C18H25N5O4S. The molecule has 1 aliphatic rings. The zero-order valence-electron chi connectivity index (χ0n) is 16.1. The van der Waals surface area contributed by atoms with E-state index in [1.807, 2.05) is 13.0 Å². The van der Waals surface area contributed by atoms with E-state index in [4.69, 9.17) is 15.7 Å². The van der Waals surface area contributed by atoms with Gasteiger partial charge in [0, 0.05) is 18.9 Å². The number of nitrogens with two attached hydrogens (primary N) is 1. The van der Waals surface area contributed by atoms with Crippen LogP contribution < -0.4 is 11.1 Å². The largest absolute Gasteiger partial charge is 0.349 e. The maximum absolute atomic E-state index is 12.5. The molecule has 0 unspecified atom stereocenters. The van der Waals surface area contributed by atoms with E-state index < -0.39 is 12.0 Å². The summed E-state index contributed by atoms with van der Waals surface area (Å²) in [5.74, 6) is -0.902. The summed E-state index contributed by atoms with van der Waals surface area (Å²) in [4.78, 5) is 41.0. The van der Waals surface area contributed by atoms with Crippen LogP contribution in [0.3, 0.4) is 0 Å². The molecule has 1 aliphatic carbocycles. The molecule has 1 saturated carbocycles. The van der Waals surface area contributed by atoms with E-state index >= 15 is 0 Å². The molecule has 9 nitrogen and oxygen atoms in total. The number of amides is 3. The zero-order chi connectivity index (χ0) is 20.3. The number of nitrogens with one attached hydrogen (secondary N) is 1. The number of hydrogen-bond acceptors (Lipinski definition) is 6. The van der Waals surface area contributed by atoms with Gasteiger partial charge in [0.15, 0.2) is 0 Å². The van der Waals surface area contributed by atoms with E-state index in [0.717, 1.165) is 33.8 Å². The van der Waals surface area contributed by atoms with Crippen LogP contribution in [0.2, 0.25) is 0 Å². The number of carbonyl (C=O) groups is 3. The number of aromatic nitrogens is 2. The zero-order valence-corrected chi connectivity index (χ0v) is 16.9. The van der Waals surface area contributed by atoms with Crippen molar-refractivity contribution in [2.24, 2.45) is 5.73 Å². The standard InChI is InChI=1S/C18H25N5O4S/c1-11-14-10-15(16(25)20-8-9-22(18(19)26)27-12(2)24)28-17(14)23(21-11)13-6-4-3-5-7-13/h10,13H,3-9H2,1-2H3,(H2,19,26)(H,20,25). The summed E-state index contributed by atoms with van der Waals surface area (Å²) in [6.07, 6.45) is 5.93. The highest BCUT2D eigenvalue weighted by Gasteiger charge is 2.22. The second-order valence-corrected chi connectivity index (χ2v) is 7.96. The van der Waals surface area contributed by atoms with E-state index in [-0.39, 0.29) is 19.0 Å². The molecule has 1 fully saturated rings. The van der Waals surface area contributed by atoms with E-state index in [2.05, 4.69) is 10.00 Å². The van der Waals surface area contributed by atoms with Gasteiger partial charge < -0.3 is 15.9 Å². The average molecular weight is 407 g/mol. The molecule has 0 spiro atoms. The first-order chi connectivity index (χ1) is 13.4. The number of thiophene rings is 1. The fraction of sp³-hybridized carbons (Fsp3) is 0.556. The Kier molecular flexibility index (Phi) is 6.18. The summed E-state index contributed by atoms with van der Waals surface area (Å²) < 4.78 is 2.08. The van der Waals surface area contributed by atoms with E-state index in [0.29, 0.717) is 10.9 Å². The van der Waals surface area contributed by atoms with Gasteiger partial charge in [-0.15, -0.1) is 11.3 Å². The maximum Gasteiger partial charge on any atom is 0.348 e. The molecule has 2 heterocycles. The van der Waals surface area contributed by atoms with Crippen molar-refractivity contribution in [3.05, 3.63) is 16.6 Å². The predicted molar refractivity (Wildman–Crippen MR) is 105 cm³/mol. The number of hydroxylamine groups is 2. The van der Waals surface area contributed by atoms with Crippen LogP contribution in [0.25, 0.3) is 10.2 Å². The van der Waals surface area contributed by atoms with Gasteiger partial charge in [-0.2, -0.15) is 10.2 Å². The fourth-order valence-electron chi connectivity index (χ4n) is 3.47. The number of primary amides is 1. The summed E-state index contributed by atoms with van der Waals surface area (Å²) in [5.41, 5.74) is 6.07. The molecule has 0 saturated heterocycles. The second-order valence-electron chi connectivity index (χ2n) is 6.93. The first kappa shape index (κ1) is 20.1. The van der Waals surface area contributed by atoms with Crippen molar-refractivity contribution >= 4 is 39.5 Å². The van der Waals surface area contributed by atoms with Gasteiger partial charge in [0.25, 0.3) is 5.91 Å². The topological polar surface area (TPSA) is 120 Å². The summed E-state index contributed by atoms with van der Waals surface area (Å²) in [6, 6.07) is 1.36. The lowest BCUT2D eigenvalue weighted by Crippen LogP contribution is -2.42. The number of urea groups is 1. The number of fused-ring (bicyclic) bond motifs is 1. The van der Waals surface area contributed by atoms with E-state index in [9.17, 15) is 14.4 Å². The maximum atomic E-state index is 12.5. The minimum absolute atomic E-state index is 0.0274. The highest BCUT2D eigenvalue weighted by molar-refractivity contribution is 7.20. The van der Waals surface area contributed by atoms with Crippen LogP contribution in [0.5, 0.6) is 0 Å². The fourth-order valence-corrected chi connectivity index (χ4v) is 4.62. The first-order valence-corrected chi connectivity index (χ1v) is 10.2. The van der Waals surface area contributed by atoms with Crippen molar-refractivity contribution in [3.8, 4) is 0 Å². The summed E-state index contributed by atoms with van der Waals surface area (Å²) in [7, 11) is 0. The van der Waals surface area contributed by atoms with Crippen molar-refractivity contribution in [2.75, 3.05) is 13.1 Å². The predicted octanol–water partition coefficient (Wildman–Crippen LogP) is 2.50. The third kappa shape index (κ3) is 4.44. The number of hydrogen-bond donors (Lipinski definition) is 2. The molecule has 2 aromatic heterocycles. The Morgan fingerprint density at radius 3 is 2.71 bits per heavy atom. The quantitative estimate of drug-likeness (QED) is 0.738. The van der Waals surface area contributed by atoms with Crippen LogP contribution in [-0.2, 0) is 9.63 Å². The Labute approximate surface area is 166 Å². The molecule has 0 radical (unpaired) electrons. The summed E-state index contributed by atoms with van der Waals surface area (Å²) in [5, 5.41) is 9.14. The molecule has 0 aliphatic heterocycles. The molecule has 152 valence electrons. The van der Waals surface area contributed by atoms with E-state index in [1.54, 1.807) is 0 Å². The monoisotopic (exact) mass is 407 g/mol. The van der Waals surface area contributed by atoms with Gasteiger partial charge >= 0.3 is 12.0 Å². The van der Waals surface area contributed by atoms with Crippen LogP contribution in [0.4, 0.5) is 4.79 Å². The molecular weight excluding hydrogens is 382 g/mol. The lowest BCUT2D eigenvalue weighted by molar-refractivity contribution is -0.173. The SMILES string of the molecule is CC(=O)ON(CCNC(=O)c1cc2c(C)nn(C3CCCCC3)c2s1)C(N)=O. The minimum Gasteiger partial charge on any atom is -0.349 e. The van der Waals surface area contributed by atoms with Gasteiger partial charge in [0.1, 0.15) is 4.83 Å². The van der Waals surface area contributed by atoms with Crippen LogP contribution >= 0.6 is 11.3 Å². The lowest BCUT2D eigenvalue weighted by Gasteiger charge is -2.22. The lowest BCUT2D eigenvalue weighted by atomic mass is 9.96. The minimum atomic E-state index is -0.894. The molecule has 0 bridgehead atoms. The molecule has 10 heteroatoms. The normalized spacial score (nSPS) is 14.8. The Balaban J connectivity index is 1.67. The highest BCUT2D eigenvalue weighted by atomic mass is 32.1. The number of carbonyl (C=O) groups excluding carboxylic acids is 3. The molecule has 3 amide bonds. The van der Waals surface area contributed by atoms with Gasteiger partial charge in [-0.25, -0.2) is 4.79 Å². The smallest absolute Gasteiger partial charge is 0.348 e. The van der Waals surface area contributed by atoms with Crippen LogP contribution in [0.15, 0.2) is 6.07 Å². The third-order valence-electron chi connectivity index (χ3n) is 4.80. The van der Waals surface area contributed by atoms with Gasteiger partial charge in [0.2, 0.25) is 0 Å². The van der Waals surface area contributed by atoms with Crippen LogP contribution in [-0.4, -0.2) is 45.8 Å². The van der Waals surface area contributed by atoms with Gasteiger partial charge in [-0.1, -0.05) is 19.3 Å². The molecule has 3 rings (SSSR count). The van der Waals surface area contributed by atoms with E-state index in [1.165, 1.54) is 37.5 Å². The molecule has 0 aromatic carbocycles. The van der Waals surface area contributed by atoms with Crippen molar-refractivity contribution < 1.29 is 19.2 Å². The van der Waals surface area contributed by atoms with Gasteiger partial charge in [0.05, 0.1) is 23.2 Å². The van der Waals surface area contributed by atoms with Gasteiger partial charge in [-0.3, -0.25) is 14.3 Å². The Morgan fingerprint density at radius 2 is 2.07 bits per heavy atom. The van der Waals surface area contributed by atoms with Crippen molar-refractivity contribution in [3.63, 3.8) is 0 Å². The third-order valence-corrected chi connectivity index (χ3v) is 5.92. The van der Waals surface area contributed by atoms with Crippen molar-refractivity contribution in [1.29, 1.82) is 0 Å². The van der Waals surface area contributed by atoms with Crippen molar-refractivity contribution in [1.82, 2.24) is 20.2 Å². The second kappa shape index (κ2) is 8.59. The van der Waals surface area contributed by atoms with Gasteiger partial charge in [-0.05, 0) is 25.8 Å². The average Bonchev–Trinajstić information content (AvgIpc) is 3.22. The first-order valence-electron chi connectivity index (χ1n) is 9.39. The highest BCUT2D eigenvalue weighted by Crippen LogP contribution is 2.35. The summed E-state index contributed by atoms with van der Waals surface area (Å²) >= 11 is 1.42. The number of aryl methyl sites for hydroxylation is 1. The molecule has 2 aromatic rings. The Bertz CT molecular complexity index is 884. The Hall–Kier alpha value is -2.62. The number of rotatable bonds is 5. The summed E-state index contributed by atoms with van der Waals surface area (Å²) in [6.45, 7) is 3.21. The van der Waals surface area contributed by atoms with Crippen LogP contribution in [0, 0.1) is 6.92 Å². The molecule has 0 atom stereocenters. The van der Waals surface area contributed by atoms with Crippen LogP contribution in [0.1, 0.15) is 60.4 Å². The number of nitrogens with zero attached hydrogens (tertiary/aromatic N) is 3. The molecule has 3 N–H and O–H groups in total. The molecule has 28 heavy (non-hydrogen) atoms. The van der Waals surface area contributed by atoms with Crippen molar-refractivity contribution in [2.45, 2.75) is 52.0 Å². The Morgan fingerprint density at radius 1 is 1.36 bits per heavy atom.